The minimum atomic E-state index is -4.17. The van der Waals surface area contributed by atoms with Gasteiger partial charge in [-0.25, -0.2) is 9.52 Å². The van der Waals surface area contributed by atoms with Crippen molar-refractivity contribution in [3.63, 3.8) is 0 Å². The van der Waals surface area contributed by atoms with E-state index in [0.29, 0.717) is 5.56 Å². The molecule has 0 aliphatic heterocycles. The molecule has 0 aliphatic rings. The maximum absolute atomic E-state index is 11.4. The van der Waals surface area contributed by atoms with Crippen molar-refractivity contribution < 1.29 is 27.5 Å². The molecule has 9 heteroatoms. The van der Waals surface area contributed by atoms with Gasteiger partial charge in [0.25, 0.3) is 0 Å². The van der Waals surface area contributed by atoms with Gasteiger partial charge in [0.05, 0.1) is 6.61 Å². The second-order valence-electron chi connectivity index (χ2n) is 3.79. The summed E-state index contributed by atoms with van der Waals surface area (Å²) in [5, 5.41) is 0. The number of nitrogens with one attached hydrogen (secondary N) is 2. The highest BCUT2D eigenvalue weighted by atomic mass is 32.2. The lowest BCUT2D eigenvalue weighted by Gasteiger charge is -2.08. The Balaban J connectivity index is 2.37. The lowest BCUT2D eigenvalue weighted by molar-refractivity contribution is -0.141. The van der Waals surface area contributed by atoms with Crippen LogP contribution in [-0.2, 0) is 31.1 Å². The first kappa shape index (κ1) is 16.9. The molecule has 21 heavy (non-hydrogen) atoms. The summed E-state index contributed by atoms with van der Waals surface area (Å²) in [5.74, 6) is -0.750. The van der Waals surface area contributed by atoms with Crippen LogP contribution >= 0.6 is 0 Å². The number of hydrogen-bond donors (Lipinski definition) is 2. The predicted octanol–water partition coefficient (Wildman–Crippen LogP) is 0.310. The Morgan fingerprint density at radius 2 is 1.81 bits per heavy atom. The summed E-state index contributed by atoms with van der Waals surface area (Å²) in [6.07, 6.45) is -1.14. The molecule has 0 fully saturated rings. The summed E-state index contributed by atoms with van der Waals surface area (Å²) in [7, 11) is -4.17. The van der Waals surface area contributed by atoms with Crippen molar-refractivity contribution >= 4 is 22.3 Å². The Morgan fingerprint density at radius 3 is 2.43 bits per heavy atom. The molecule has 0 saturated carbocycles. The van der Waals surface area contributed by atoms with E-state index in [4.69, 9.17) is 4.74 Å². The third-order valence-corrected chi connectivity index (χ3v) is 3.10. The second kappa shape index (κ2) is 8.22. The molecule has 0 heterocycles. The molecular formula is C12H16N2O6S. The molecule has 0 spiro atoms. The predicted molar refractivity (Wildman–Crippen MR) is 73.3 cm³/mol. The van der Waals surface area contributed by atoms with Crippen LogP contribution in [0.2, 0.25) is 0 Å². The maximum Gasteiger partial charge on any atom is 0.422 e. The van der Waals surface area contributed by atoms with Crippen molar-refractivity contribution in [3.05, 3.63) is 35.9 Å². The smallest absolute Gasteiger partial charge is 0.422 e. The summed E-state index contributed by atoms with van der Waals surface area (Å²) in [4.78, 5) is 22.3. The number of rotatable bonds is 7. The van der Waals surface area contributed by atoms with E-state index in [1.54, 1.807) is 42.0 Å². The minimum absolute atomic E-state index is 0.0694. The van der Waals surface area contributed by atoms with Gasteiger partial charge >= 0.3 is 22.3 Å². The van der Waals surface area contributed by atoms with Crippen LogP contribution < -0.4 is 9.44 Å². The zero-order chi connectivity index (χ0) is 15.7. The Kier molecular flexibility index (Phi) is 6.63. The Morgan fingerprint density at radius 1 is 1.14 bits per heavy atom. The van der Waals surface area contributed by atoms with Crippen LogP contribution in [-0.4, -0.2) is 33.6 Å². The molecule has 0 unspecified atom stereocenters. The van der Waals surface area contributed by atoms with Crippen molar-refractivity contribution in [3.8, 4) is 0 Å². The highest BCUT2D eigenvalue weighted by Gasteiger charge is 2.16. The van der Waals surface area contributed by atoms with Gasteiger partial charge in [0.1, 0.15) is 13.2 Å². The molecule has 2 N–H and O–H groups in total. The third-order valence-electron chi connectivity index (χ3n) is 2.14. The van der Waals surface area contributed by atoms with Gasteiger partial charge in [0.2, 0.25) is 0 Å². The number of carbonyl (C=O) groups is 2. The molecule has 0 saturated heterocycles. The molecule has 116 valence electrons. The van der Waals surface area contributed by atoms with Crippen LogP contribution in [0.3, 0.4) is 0 Å². The van der Waals surface area contributed by atoms with E-state index in [2.05, 4.69) is 4.74 Å². The van der Waals surface area contributed by atoms with Gasteiger partial charge in [-0.05, 0) is 12.5 Å². The van der Waals surface area contributed by atoms with E-state index in [0.717, 1.165) is 0 Å². The van der Waals surface area contributed by atoms with Crippen molar-refractivity contribution in [1.82, 2.24) is 9.44 Å². The lowest BCUT2D eigenvalue weighted by atomic mass is 10.2. The Labute approximate surface area is 122 Å². The lowest BCUT2D eigenvalue weighted by Crippen LogP contribution is -2.42. The summed E-state index contributed by atoms with van der Waals surface area (Å²) >= 11 is 0. The van der Waals surface area contributed by atoms with E-state index < -0.39 is 28.8 Å². The molecule has 1 rings (SSSR count). The van der Waals surface area contributed by atoms with Crippen LogP contribution in [0.5, 0.6) is 0 Å². The molecule has 0 bridgehead atoms. The number of carbonyl (C=O) groups excluding carboxylic acids is 2. The van der Waals surface area contributed by atoms with Gasteiger partial charge in [-0.3, -0.25) is 4.79 Å². The fraction of sp³-hybridized carbons (Fsp3) is 0.333. The van der Waals surface area contributed by atoms with E-state index in [-0.39, 0.29) is 13.2 Å². The van der Waals surface area contributed by atoms with E-state index in [1.165, 1.54) is 0 Å². The zero-order valence-electron chi connectivity index (χ0n) is 11.4. The average Bonchev–Trinajstić information content (AvgIpc) is 2.44. The molecule has 0 aliphatic carbocycles. The molecule has 1 amide bonds. The number of benzene rings is 1. The minimum Gasteiger partial charge on any atom is -0.465 e. The first-order chi connectivity index (χ1) is 9.93. The summed E-state index contributed by atoms with van der Waals surface area (Å²) < 4.78 is 35.6. The van der Waals surface area contributed by atoms with Gasteiger partial charge < -0.3 is 9.47 Å². The number of ether oxygens (including phenoxy) is 2. The topological polar surface area (TPSA) is 111 Å². The quantitative estimate of drug-likeness (QED) is 0.700. The number of amides is 1. The fourth-order valence-electron chi connectivity index (χ4n) is 1.26. The van der Waals surface area contributed by atoms with Gasteiger partial charge in [-0.15, -0.1) is 0 Å². The van der Waals surface area contributed by atoms with Crippen LogP contribution in [0, 0.1) is 0 Å². The molecule has 1 aromatic carbocycles. The van der Waals surface area contributed by atoms with Gasteiger partial charge in [-0.1, -0.05) is 30.3 Å². The summed E-state index contributed by atoms with van der Waals surface area (Å²) in [6.45, 7) is 1.08. The first-order valence-electron chi connectivity index (χ1n) is 6.06. The molecule has 8 nitrogen and oxygen atoms in total. The third kappa shape index (κ3) is 7.28. The highest BCUT2D eigenvalue weighted by molar-refractivity contribution is 7.88. The van der Waals surface area contributed by atoms with Gasteiger partial charge in [-0.2, -0.15) is 13.1 Å². The highest BCUT2D eigenvalue weighted by Crippen LogP contribution is 2.00. The summed E-state index contributed by atoms with van der Waals surface area (Å²) in [5.41, 5.74) is 0.713. The van der Waals surface area contributed by atoms with Gasteiger partial charge in [0, 0.05) is 0 Å². The average molecular weight is 316 g/mol. The normalized spacial score (nSPS) is 10.7. The van der Waals surface area contributed by atoms with E-state index in [9.17, 15) is 18.0 Å². The second-order valence-corrected chi connectivity index (χ2v) is 5.29. The van der Waals surface area contributed by atoms with Crippen LogP contribution in [0.25, 0.3) is 0 Å². The zero-order valence-corrected chi connectivity index (χ0v) is 12.2. The summed E-state index contributed by atoms with van der Waals surface area (Å²) in [6, 6.07) is 8.76. The van der Waals surface area contributed by atoms with Crippen molar-refractivity contribution in [2.75, 3.05) is 13.2 Å². The molecular weight excluding hydrogens is 300 g/mol. The van der Waals surface area contributed by atoms with Crippen LogP contribution in [0.4, 0.5) is 4.79 Å². The largest absolute Gasteiger partial charge is 0.465 e. The molecule has 0 radical (unpaired) electrons. The fourth-order valence-corrected chi connectivity index (χ4v) is 1.92. The van der Waals surface area contributed by atoms with Crippen molar-refractivity contribution in [1.29, 1.82) is 0 Å². The molecule has 1 aromatic rings. The molecule has 0 atom stereocenters. The number of esters is 1. The monoisotopic (exact) mass is 316 g/mol. The van der Waals surface area contributed by atoms with Crippen LogP contribution in [0.1, 0.15) is 12.5 Å². The number of hydrogen-bond acceptors (Lipinski definition) is 6. The first-order valence-corrected chi connectivity index (χ1v) is 7.55. The molecule has 0 aromatic heterocycles. The maximum atomic E-state index is 11.4. The van der Waals surface area contributed by atoms with Crippen LogP contribution in [0.15, 0.2) is 30.3 Å². The van der Waals surface area contributed by atoms with Gasteiger partial charge in [0.15, 0.2) is 0 Å². The Bertz CT molecular complexity index is 573. The van der Waals surface area contributed by atoms with Crippen molar-refractivity contribution in [2.45, 2.75) is 13.5 Å². The van der Waals surface area contributed by atoms with E-state index >= 15 is 0 Å². The van der Waals surface area contributed by atoms with Crippen molar-refractivity contribution in [2.24, 2.45) is 0 Å². The van der Waals surface area contributed by atoms with E-state index in [1.807, 2.05) is 4.72 Å². The standard InChI is InChI=1S/C12H16N2O6S/c1-2-19-11(15)8-13-21(17,18)14-12(16)20-9-10-6-4-3-5-7-10/h3-7,13H,2,8-9H2,1H3,(H,14,16). The SMILES string of the molecule is CCOC(=O)CNS(=O)(=O)NC(=O)OCc1ccccc1. The Hall–Kier alpha value is -2.13.